The highest BCUT2D eigenvalue weighted by Gasteiger charge is 2.26. The molecule has 0 aromatic heterocycles. The SMILES string of the molecule is COc1cc(CC(C)(C)O)c(C(=O)NC(C)C)c(OC)c1C. The van der Waals surface area contributed by atoms with Crippen molar-refractivity contribution in [2.75, 3.05) is 14.2 Å². The van der Waals surface area contributed by atoms with E-state index in [0.29, 0.717) is 29.0 Å². The number of methoxy groups -OCH3 is 2. The van der Waals surface area contributed by atoms with E-state index in [1.54, 1.807) is 27.0 Å². The summed E-state index contributed by atoms with van der Waals surface area (Å²) in [6.45, 7) is 9.05. The standard InChI is InChI=1S/C17H27NO4/c1-10(2)18-16(19)14-12(9-17(4,5)20)8-13(21-6)11(3)15(14)22-7/h8,10,20H,9H2,1-7H3,(H,18,19). The van der Waals surface area contributed by atoms with E-state index in [4.69, 9.17) is 9.47 Å². The molecule has 124 valence electrons. The highest BCUT2D eigenvalue weighted by Crippen LogP contribution is 2.36. The Hall–Kier alpha value is -1.75. The molecular weight excluding hydrogens is 282 g/mol. The van der Waals surface area contributed by atoms with Crippen LogP contribution in [-0.4, -0.2) is 36.9 Å². The molecule has 5 heteroatoms. The van der Waals surface area contributed by atoms with Gasteiger partial charge in [-0.3, -0.25) is 4.79 Å². The third kappa shape index (κ3) is 4.37. The lowest BCUT2D eigenvalue weighted by Gasteiger charge is -2.23. The molecule has 1 rings (SSSR count). The molecule has 0 saturated carbocycles. The third-order valence-corrected chi connectivity index (χ3v) is 3.26. The van der Waals surface area contributed by atoms with Crippen LogP contribution in [-0.2, 0) is 6.42 Å². The van der Waals surface area contributed by atoms with Gasteiger partial charge < -0.3 is 19.9 Å². The van der Waals surface area contributed by atoms with Crippen LogP contribution in [0.4, 0.5) is 0 Å². The molecule has 1 aromatic carbocycles. The Balaban J connectivity index is 3.53. The molecule has 0 atom stereocenters. The number of ether oxygens (including phenoxy) is 2. The zero-order chi connectivity index (χ0) is 17.1. The maximum Gasteiger partial charge on any atom is 0.255 e. The smallest absolute Gasteiger partial charge is 0.255 e. The predicted octanol–water partition coefficient (Wildman–Crippen LogP) is 2.46. The maximum absolute atomic E-state index is 12.6. The van der Waals surface area contributed by atoms with Gasteiger partial charge in [-0.2, -0.15) is 0 Å². The highest BCUT2D eigenvalue weighted by atomic mass is 16.5. The zero-order valence-electron chi connectivity index (χ0n) is 14.5. The molecule has 0 fully saturated rings. The summed E-state index contributed by atoms with van der Waals surface area (Å²) in [5.41, 5.74) is 0.970. The topological polar surface area (TPSA) is 67.8 Å². The van der Waals surface area contributed by atoms with Gasteiger partial charge in [0.15, 0.2) is 0 Å². The molecule has 0 radical (unpaired) electrons. The van der Waals surface area contributed by atoms with Gasteiger partial charge in [-0.25, -0.2) is 0 Å². The normalized spacial score (nSPS) is 11.5. The summed E-state index contributed by atoms with van der Waals surface area (Å²) in [6, 6.07) is 1.81. The first-order valence-corrected chi connectivity index (χ1v) is 7.38. The van der Waals surface area contributed by atoms with Gasteiger partial charge in [0, 0.05) is 18.0 Å². The molecular formula is C17H27NO4. The third-order valence-electron chi connectivity index (χ3n) is 3.26. The van der Waals surface area contributed by atoms with Crippen molar-refractivity contribution >= 4 is 5.91 Å². The van der Waals surface area contributed by atoms with Crippen LogP contribution >= 0.6 is 0 Å². The molecule has 2 N–H and O–H groups in total. The Morgan fingerprint density at radius 2 is 1.91 bits per heavy atom. The Bertz CT molecular complexity index is 545. The Morgan fingerprint density at radius 1 is 1.32 bits per heavy atom. The molecule has 0 spiro atoms. The largest absolute Gasteiger partial charge is 0.496 e. The zero-order valence-corrected chi connectivity index (χ0v) is 14.5. The molecule has 0 bridgehead atoms. The van der Waals surface area contributed by atoms with E-state index >= 15 is 0 Å². The van der Waals surface area contributed by atoms with E-state index in [1.165, 1.54) is 7.11 Å². The van der Waals surface area contributed by atoms with E-state index in [-0.39, 0.29) is 11.9 Å². The van der Waals surface area contributed by atoms with Crippen molar-refractivity contribution in [1.29, 1.82) is 0 Å². The number of nitrogens with one attached hydrogen (secondary N) is 1. The van der Waals surface area contributed by atoms with Gasteiger partial charge in [0.2, 0.25) is 0 Å². The summed E-state index contributed by atoms with van der Waals surface area (Å²) >= 11 is 0. The molecule has 0 aliphatic heterocycles. The van der Waals surface area contributed by atoms with E-state index in [9.17, 15) is 9.90 Å². The lowest BCUT2D eigenvalue weighted by atomic mass is 9.91. The molecule has 0 heterocycles. The monoisotopic (exact) mass is 309 g/mol. The molecule has 22 heavy (non-hydrogen) atoms. The van der Waals surface area contributed by atoms with Crippen LogP contribution in [0.15, 0.2) is 6.07 Å². The second kappa shape index (κ2) is 7.01. The number of benzene rings is 1. The van der Waals surface area contributed by atoms with Gasteiger partial charge in [0.05, 0.1) is 25.4 Å². The van der Waals surface area contributed by atoms with Gasteiger partial charge in [0.25, 0.3) is 5.91 Å². The molecule has 0 aliphatic carbocycles. The van der Waals surface area contributed by atoms with Crippen molar-refractivity contribution in [1.82, 2.24) is 5.32 Å². The highest BCUT2D eigenvalue weighted by molar-refractivity contribution is 5.99. The summed E-state index contributed by atoms with van der Waals surface area (Å²) in [6.07, 6.45) is 0.320. The van der Waals surface area contributed by atoms with Crippen LogP contribution in [0.25, 0.3) is 0 Å². The van der Waals surface area contributed by atoms with Crippen molar-refractivity contribution in [3.05, 3.63) is 22.8 Å². The summed E-state index contributed by atoms with van der Waals surface area (Å²) in [7, 11) is 3.10. The first kappa shape index (κ1) is 18.3. The fourth-order valence-corrected chi connectivity index (χ4v) is 2.44. The summed E-state index contributed by atoms with van der Waals surface area (Å²) in [5.74, 6) is 0.908. The Morgan fingerprint density at radius 3 is 2.32 bits per heavy atom. The number of aliphatic hydroxyl groups is 1. The molecule has 0 unspecified atom stereocenters. The minimum absolute atomic E-state index is 0.00889. The van der Waals surface area contributed by atoms with Crippen LogP contribution in [0.2, 0.25) is 0 Å². The van der Waals surface area contributed by atoms with Gasteiger partial charge in [-0.1, -0.05) is 0 Å². The van der Waals surface area contributed by atoms with E-state index in [2.05, 4.69) is 5.32 Å². The fraction of sp³-hybridized carbons (Fsp3) is 0.588. The lowest BCUT2D eigenvalue weighted by molar-refractivity contribution is 0.0801. The van der Waals surface area contributed by atoms with Crippen molar-refractivity contribution in [3.63, 3.8) is 0 Å². The van der Waals surface area contributed by atoms with Gasteiger partial charge in [-0.05, 0) is 46.2 Å². The van der Waals surface area contributed by atoms with Crippen LogP contribution < -0.4 is 14.8 Å². The number of rotatable bonds is 6. The summed E-state index contributed by atoms with van der Waals surface area (Å²) in [5, 5.41) is 13.0. The van der Waals surface area contributed by atoms with Crippen LogP contribution in [0, 0.1) is 6.92 Å². The van der Waals surface area contributed by atoms with Crippen LogP contribution in [0.5, 0.6) is 11.5 Å². The molecule has 1 aromatic rings. The maximum atomic E-state index is 12.6. The Kier molecular flexibility index (Phi) is 5.83. The van der Waals surface area contributed by atoms with E-state index < -0.39 is 5.60 Å². The Labute approximate surface area is 132 Å². The van der Waals surface area contributed by atoms with Crippen molar-refractivity contribution in [2.24, 2.45) is 0 Å². The minimum Gasteiger partial charge on any atom is -0.496 e. The summed E-state index contributed by atoms with van der Waals surface area (Å²) < 4.78 is 10.8. The molecule has 1 amide bonds. The minimum atomic E-state index is -0.946. The van der Waals surface area contributed by atoms with Crippen molar-refractivity contribution in [2.45, 2.75) is 52.7 Å². The molecule has 5 nitrogen and oxygen atoms in total. The number of amides is 1. The summed E-state index contributed by atoms with van der Waals surface area (Å²) in [4.78, 5) is 12.6. The van der Waals surface area contributed by atoms with Crippen molar-refractivity contribution in [3.8, 4) is 11.5 Å². The number of hydrogen-bond donors (Lipinski definition) is 2. The number of hydrogen-bond acceptors (Lipinski definition) is 4. The predicted molar refractivity (Wildman–Crippen MR) is 86.9 cm³/mol. The average Bonchev–Trinajstić information content (AvgIpc) is 2.37. The van der Waals surface area contributed by atoms with Crippen LogP contribution in [0.3, 0.4) is 0 Å². The van der Waals surface area contributed by atoms with Gasteiger partial charge in [-0.15, -0.1) is 0 Å². The number of carbonyl (C=O) groups is 1. The van der Waals surface area contributed by atoms with Gasteiger partial charge >= 0.3 is 0 Å². The van der Waals surface area contributed by atoms with E-state index in [1.807, 2.05) is 20.8 Å². The van der Waals surface area contributed by atoms with E-state index in [0.717, 1.165) is 5.56 Å². The average molecular weight is 309 g/mol. The van der Waals surface area contributed by atoms with Crippen molar-refractivity contribution < 1.29 is 19.4 Å². The first-order valence-electron chi connectivity index (χ1n) is 7.38. The second-order valence-electron chi connectivity index (χ2n) is 6.39. The number of carbonyl (C=O) groups excluding carboxylic acids is 1. The first-order chi connectivity index (χ1) is 10.1. The quantitative estimate of drug-likeness (QED) is 0.847. The molecule has 0 aliphatic rings. The molecule has 0 saturated heterocycles. The van der Waals surface area contributed by atoms with Gasteiger partial charge in [0.1, 0.15) is 11.5 Å². The van der Waals surface area contributed by atoms with Crippen LogP contribution in [0.1, 0.15) is 49.2 Å². The second-order valence-corrected chi connectivity index (χ2v) is 6.39. The lowest BCUT2D eigenvalue weighted by Crippen LogP contribution is -2.32. The fourth-order valence-electron chi connectivity index (χ4n) is 2.44.